The van der Waals surface area contributed by atoms with Crippen LogP contribution < -0.4 is 5.32 Å². The third-order valence-electron chi connectivity index (χ3n) is 3.42. The zero-order valence-corrected chi connectivity index (χ0v) is 12.7. The van der Waals surface area contributed by atoms with E-state index in [9.17, 15) is 10.1 Å². The third-order valence-corrected chi connectivity index (χ3v) is 3.78. The Morgan fingerprint density at radius 3 is 2.52 bits per heavy atom. The van der Waals surface area contributed by atoms with Crippen molar-refractivity contribution >= 4 is 17.3 Å². The second-order valence-electron chi connectivity index (χ2n) is 5.05. The number of nitrogens with one attached hydrogen (secondary N) is 1. The molecular formula is C16H17ClN2O2. The summed E-state index contributed by atoms with van der Waals surface area (Å²) in [6.07, 6.45) is 0. The Hall–Kier alpha value is -1.91. The Morgan fingerprint density at radius 1 is 1.24 bits per heavy atom. The van der Waals surface area contributed by atoms with Gasteiger partial charge in [0.15, 0.2) is 0 Å². The minimum Gasteiger partial charge on any atom is -0.306 e. The van der Waals surface area contributed by atoms with Gasteiger partial charge in [0, 0.05) is 29.7 Å². The molecule has 0 heterocycles. The van der Waals surface area contributed by atoms with Crippen LogP contribution in [0.15, 0.2) is 42.5 Å². The fourth-order valence-corrected chi connectivity index (χ4v) is 2.23. The number of hydrogen-bond donors (Lipinski definition) is 1. The average Bonchev–Trinajstić information content (AvgIpc) is 2.46. The van der Waals surface area contributed by atoms with Gasteiger partial charge in [-0.3, -0.25) is 10.1 Å². The van der Waals surface area contributed by atoms with Crippen molar-refractivity contribution in [3.8, 4) is 0 Å². The van der Waals surface area contributed by atoms with E-state index in [0.717, 1.165) is 5.56 Å². The molecule has 0 aromatic heterocycles. The van der Waals surface area contributed by atoms with E-state index in [1.165, 1.54) is 23.3 Å². The fourth-order valence-electron chi connectivity index (χ4n) is 2.05. The maximum Gasteiger partial charge on any atom is 0.269 e. The highest BCUT2D eigenvalue weighted by Crippen LogP contribution is 2.23. The molecule has 0 aliphatic rings. The van der Waals surface area contributed by atoms with Crippen molar-refractivity contribution < 1.29 is 4.92 Å². The molecule has 4 nitrogen and oxygen atoms in total. The van der Waals surface area contributed by atoms with Crippen LogP contribution in [0.4, 0.5) is 5.69 Å². The van der Waals surface area contributed by atoms with Gasteiger partial charge < -0.3 is 5.32 Å². The second kappa shape index (κ2) is 6.70. The zero-order valence-electron chi connectivity index (χ0n) is 12.0. The minimum atomic E-state index is -0.413. The smallest absolute Gasteiger partial charge is 0.269 e. The molecule has 2 aromatic rings. The summed E-state index contributed by atoms with van der Waals surface area (Å²) in [4.78, 5) is 10.4. The van der Waals surface area contributed by atoms with Gasteiger partial charge in [-0.1, -0.05) is 41.4 Å². The predicted octanol–water partition coefficient (Wildman–Crippen LogP) is 4.41. The third kappa shape index (κ3) is 4.03. The van der Waals surface area contributed by atoms with Gasteiger partial charge in [-0.05, 0) is 31.0 Å². The lowest BCUT2D eigenvalue weighted by atomic mass is 10.1. The highest BCUT2D eigenvalue weighted by Gasteiger charge is 2.11. The number of halogens is 1. The largest absolute Gasteiger partial charge is 0.306 e. The molecule has 0 unspecified atom stereocenters. The Labute approximate surface area is 128 Å². The highest BCUT2D eigenvalue weighted by atomic mass is 35.5. The molecule has 110 valence electrons. The molecule has 0 saturated heterocycles. The molecule has 0 aliphatic carbocycles. The normalized spacial score (nSPS) is 12.1. The molecular weight excluding hydrogens is 288 g/mol. The molecule has 1 N–H and O–H groups in total. The molecule has 0 spiro atoms. The van der Waals surface area contributed by atoms with Gasteiger partial charge in [-0.25, -0.2) is 0 Å². The van der Waals surface area contributed by atoms with Crippen LogP contribution in [0.3, 0.4) is 0 Å². The Balaban J connectivity index is 2.07. The van der Waals surface area contributed by atoms with Crippen molar-refractivity contribution in [1.29, 1.82) is 0 Å². The summed E-state index contributed by atoms with van der Waals surface area (Å²) in [7, 11) is 0. The van der Waals surface area contributed by atoms with Crippen LogP contribution in [0.1, 0.15) is 29.7 Å². The number of nitro benzene ring substituents is 1. The number of benzene rings is 2. The molecule has 2 rings (SSSR count). The van der Waals surface area contributed by atoms with Crippen molar-refractivity contribution in [2.24, 2.45) is 0 Å². The molecule has 0 fully saturated rings. The summed E-state index contributed by atoms with van der Waals surface area (Å²) >= 11 is 6.09. The van der Waals surface area contributed by atoms with E-state index < -0.39 is 4.92 Å². The van der Waals surface area contributed by atoms with Crippen LogP contribution in [0, 0.1) is 17.0 Å². The number of non-ortho nitro benzene ring substituents is 1. The fraction of sp³-hybridized carbons (Fsp3) is 0.250. The number of nitrogens with zero attached hydrogens (tertiary/aromatic N) is 1. The Bertz CT molecular complexity index is 641. The first-order chi connectivity index (χ1) is 9.97. The van der Waals surface area contributed by atoms with E-state index in [2.05, 4.69) is 36.5 Å². The lowest BCUT2D eigenvalue weighted by Crippen LogP contribution is -2.18. The standard InChI is InChI=1S/C16H17ClN2O2/c1-11-3-5-13(6-4-11)12(2)18-10-14-9-15(19(20)21)7-8-16(14)17/h3-9,12,18H,10H2,1-2H3/t12-/m1/s1. The van der Waals surface area contributed by atoms with Gasteiger partial charge in [0.1, 0.15) is 0 Å². The van der Waals surface area contributed by atoms with Gasteiger partial charge in [-0.15, -0.1) is 0 Å². The molecule has 0 amide bonds. The van der Waals surface area contributed by atoms with Gasteiger partial charge in [0.05, 0.1) is 4.92 Å². The van der Waals surface area contributed by atoms with Crippen LogP contribution in [0.25, 0.3) is 0 Å². The van der Waals surface area contributed by atoms with Gasteiger partial charge in [-0.2, -0.15) is 0 Å². The van der Waals surface area contributed by atoms with Crippen molar-refractivity contribution in [2.75, 3.05) is 0 Å². The number of hydrogen-bond acceptors (Lipinski definition) is 3. The average molecular weight is 305 g/mol. The van der Waals surface area contributed by atoms with E-state index in [4.69, 9.17) is 11.6 Å². The number of nitro groups is 1. The number of rotatable bonds is 5. The predicted molar refractivity (Wildman–Crippen MR) is 84.5 cm³/mol. The maximum absolute atomic E-state index is 10.8. The molecule has 21 heavy (non-hydrogen) atoms. The minimum absolute atomic E-state index is 0.0548. The summed E-state index contributed by atoms with van der Waals surface area (Å²) in [5, 5.41) is 14.7. The molecule has 0 radical (unpaired) electrons. The van der Waals surface area contributed by atoms with Crippen LogP contribution in [-0.4, -0.2) is 4.92 Å². The van der Waals surface area contributed by atoms with Crippen LogP contribution in [0.2, 0.25) is 5.02 Å². The topological polar surface area (TPSA) is 55.2 Å². The van der Waals surface area contributed by atoms with Gasteiger partial charge in [0.2, 0.25) is 0 Å². The molecule has 1 atom stereocenters. The summed E-state index contributed by atoms with van der Waals surface area (Å²) in [6, 6.07) is 12.9. The molecule has 5 heteroatoms. The summed E-state index contributed by atoms with van der Waals surface area (Å²) in [5.41, 5.74) is 3.17. The molecule has 0 bridgehead atoms. The van der Waals surface area contributed by atoms with E-state index in [-0.39, 0.29) is 11.7 Å². The van der Waals surface area contributed by atoms with E-state index in [0.29, 0.717) is 11.6 Å². The summed E-state index contributed by atoms with van der Waals surface area (Å²) in [5.74, 6) is 0. The van der Waals surface area contributed by atoms with Crippen LogP contribution >= 0.6 is 11.6 Å². The van der Waals surface area contributed by atoms with Crippen molar-refractivity contribution in [2.45, 2.75) is 26.4 Å². The first kappa shape index (κ1) is 15.5. The van der Waals surface area contributed by atoms with Crippen LogP contribution in [0.5, 0.6) is 0 Å². The van der Waals surface area contributed by atoms with E-state index in [1.807, 2.05) is 6.92 Å². The maximum atomic E-state index is 10.8. The van der Waals surface area contributed by atoms with Crippen molar-refractivity contribution in [3.05, 3.63) is 74.3 Å². The van der Waals surface area contributed by atoms with E-state index >= 15 is 0 Å². The molecule has 0 saturated carbocycles. The first-order valence-corrected chi connectivity index (χ1v) is 7.08. The first-order valence-electron chi connectivity index (χ1n) is 6.70. The quantitative estimate of drug-likeness (QED) is 0.657. The van der Waals surface area contributed by atoms with Crippen molar-refractivity contribution in [1.82, 2.24) is 5.32 Å². The molecule has 0 aliphatic heterocycles. The van der Waals surface area contributed by atoms with Gasteiger partial charge >= 0.3 is 0 Å². The molecule has 2 aromatic carbocycles. The SMILES string of the molecule is Cc1ccc([C@@H](C)NCc2cc([N+](=O)[O-])ccc2Cl)cc1. The van der Waals surface area contributed by atoms with E-state index in [1.54, 1.807) is 6.07 Å². The Kier molecular flexibility index (Phi) is 4.94. The second-order valence-corrected chi connectivity index (χ2v) is 5.45. The summed E-state index contributed by atoms with van der Waals surface area (Å²) < 4.78 is 0. The highest BCUT2D eigenvalue weighted by molar-refractivity contribution is 6.31. The van der Waals surface area contributed by atoms with Gasteiger partial charge in [0.25, 0.3) is 5.69 Å². The lowest BCUT2D eigenvalue weighted by Gasteiger charge is -2.15. The van der Waals surface area contributed by atoms with Crippen LogP contribution in [-0.2, 0) is 6.54 Å². The van der Waals surface area contributed by atoms with Crippen molar-refractivity contribution in [3.63, 3.8) is 0 Å². The zero-order chi connectivity index (χ0) is 15.4. The summed E-state index contributed by atoms with van der Waals surface area (Å²) in [6.45, 7) is 4.58. The Morgan fingerprint density at radius 2 is 1.90 bits per heavy atom. The number of aryl methyl sites for hydroxylation is 1. The lowest BCUT2D eigenvalue weighted by molar-refractivity contribution is -0.384. The monoisotopic (exact) mass is 304 g/mol.